The molecule has 2 aromatic rings. The molecule has 0 unspecified atom stereocenters. The molecular formula is C13H17N. The summed E-state index contributed by atoms with van der Waals surface area (Å²) in [6.45, 7) is 8.96. The van der Waals surface area contributed by atoms with Gasteiger partial charge in [-0.1, -0.05) is 32.9 Å². The highest BCUT2D eigenvalue weighted by Gasteiger charge is 2.19. The lowest BCUT2D eigenvalue weighted by Gasteiger charge is -2.22. The minimum atomic E-state index is 0.203. The lowest BCUT2D eigenvalue weighted by atomic mass is 9.83. The summed E-state index contributed by atoms with van der Waals surface area (Å²) in [7, 11) is 0. The zero-order valence-corrected chi connectivity index (χ0v) is 9.31. The minimum Gasteiger partial charge on any atom is -0.361 e. The summed E-state index contributed by atoms with van der Waals surface area (Å²) in [5, 5.41) is 1.31. The number of benzene rings is 1. The first-order valence-electron chi connectivity index (χ1n) is 5.07. The third kappa shape index (κ3) is 1.33. The molecule has 1 heterocycles. The van der Waals surface area contributed by atoms with E-state index in [1.807, 2.05) is 6.20 Å². The van der Waals surface area contributed by atoms with Gasteiger partial charge in [-0.25, -0.2) is 0 Å². The average molecular weight is 187 g/mol. The number of hydrogen-bond acceptors (Lipinski definition) is 0. The van der Waals surface area contributed by atoms with E-state index in [0.29, 0.717) is 0 Å². The van der Waals surface area contributed by atoms with Crippen molar-refractivity contribution in [3.63, 3.8) is 0 Å². The van der Waals surface area contributed by atoms with Crippen LogP contribution in [0.25, 0.3) is 10.9 Å². The number of hydrogen-bond donors (Lipinski definition) is 1. The number of fused-ring (bicyclic) bond motifs is 1. The highest BCUT2D eigenvalue weighted by molar-refractivity contribution is 5.84. The molecule has 0 saturated carbocycles. The van der Waals surface area contributed by atoms with Crippen molar-refractivity contribution in [1.29, 1.82) is 0 Å². The zero-order chi connectivity index (χ0) is 10.3. The smallest absolute Gasteiger partial charge is 0.0494 e. The molecule has 1 nitrogen and oxygen atoms in total. The predicted octanol–water partition coefficient (Wildman–Crippen LogP) is 3.77. The van der Waals surface area contributed by atoms with Gasteiger partial charge >= 0.3 is 0 Å². The quantitative estimate of drug-likeness (QED) is 0.646. The fourth-order valence-electron chi connectivity index (χ4n) is 2.20. The Hall–Kier alpha value is -1.24. The number of aryl methyl sites for hydroxylation is 1. The molecule has 0 aliphatic heterocycles. The maximum absolute atomic E-state index is 3.34. The van der Waals surface area contributed by atoms with Crippen molar-refractivity contribution in [3.05, 3.63) is 35.5 Å². The van der Waals surface area contributed by atoms with Crippen LogP contribution in [0.1, 0.15) is 31.9 Å². The molecule has 0 aliphatic carbocycles. The van der Waals surface area contributed by atoms with Crippen molar-refractivity contribution in [3.8, 4) is 0 Å². The van der Waals surface area contributed by atoms with Gasteiger partial charge in [-0.15, -0.1) is 0 Å². The summed E-state index contributed by atoms with van der Waals surface area (Å²) in [5.74, 6) is 0. The van der Waals surface area contributed by atoms with Crippen LogP contribution >= 0.6 is 0 Å². The van der Waals surface area contributed by atoms with Gasteiger partial charge in [0.25, 0.3) is 0 Å². The summed E-state index contributed by atoms with van der Waals surface area (Å²) < 4.78 is 0. The topological polar surface area (TPSA) is 15.8 Å². The van der Waals surface area contributed by atoms with Gasteiger partial charge in [0, 0.05) is 11.7 Å². The molecule has 1 aromatic carbocycles. The van der Waals surface area contributed by atoms with Crippen molar-refractivity contribution < 1.29 is 0 Å². The summed E-state index contributed by atoms with van der Waals surface area (Å²) >= 11 is 0. The highest BCUT2D eigenvalue weighted by Crippen LogP contribution is 2.31. The van der Waals surface area contributed by atoms with Gasteiger partial charge in [0.05, 0.1) is 0 Å². The summed E-state index contributed by atoms with van der Waals surface area (Å²) in [6, 6.07) is 6.51. The van der Waals surface area contributed by atoms with Gasteiger partial charge in [0.2, 0.25) is 0 Å². The van der Waals surface area contributed by atoms with Crippen molar-refractivity contribution >= 4 is 10.9 Å². The molecule has 0 radical (unpaired) electrons. The van der Waals surface area contributed by atoms with Gasteiger partial charge in [-0.2, -0.15) is 0 Å². The third-order valence-corrected chi connectivity index (χ3v) is 2.69. The fraction of sp³-hybridized carbons (Fsp3) is 0.385. The molecule has 1 heteroatoms. The largest absolute Gasteiger partial charge is 0.361 e. The molecule has 0 atom stereocenters. The van der Waals surface area contributed by atoms with E-state index in [0.717, 1.165) is 0 Å². The first kappa shape index (κ1) is 9.32. The number of H-pyrrole nitrogens is 1. The lowest BCUT2D eigenvalue weighted by Crippen LogP contribution is -2.13. The van der Waals surface area contributed by atoms with Crippen LogP contribution in [0.3, 0.4) is 0 Å². The summed E-state index contributed by atoms with van der Waals surface area (Å²) in [5.41, 5.74) is 4.29. The Balaban J connectivity index is 2.83. The van der Waals surface area contributed by atoms with Crippen molar-refractivity contribution in [2.24, 2.45) is 0 Å². The predicted molar refractivity (Wildman–Crippen MR) is 61.7 cm³/mol. The normalized spacial score (nSPS) is 12.3. The second kappa shape index (κ2) is 2.88. The Morgan fingerprint density at radius 2 is 1.79 bits per heavy atom. The highest BCUT2D eigenvalue weighted by atomic mass is 14.7. The average Bonchev–Trinajstić information content (AvgIpc) is 2.48. The molecule has 0 bridgehead atoms. The second-order valence-corrected chi connectivity index (χ2v) is 4.95. The van der Waals surface area contributed by atoms with Crippen LogP contribution in [0.4, 0.5) is 0 Å². The van der Waals surface area contributed by atoms with Gasteiger partial charge < -0.3 is 4.98 Å². The van der Waals surface area contributed by atoms with Crippen molar-refractivity contribution in [1.82, 2.24) is 4.98 Å². The Labute approximate surface area is 85.1 Å². The molecule has 1 N–H and O–H groups in total. The molecule has 0 spiro atoms. The van der Waals surface area contributed by atoms with Gasteiger partial charge in [0.15, 0.2) is 0 Å². The van der Waals surface area contributed by atoms with E-state index < -0.39 is 0 Å². The van der Waals surface area contributed by atoms with Gasteiger partial charge in [-0.3, -0.25) is 0 Å². The number of aromatic nitrogens is 1. The van der Waals surface area contributed by atoms with E-state index in [9.17, 15) is 0 Å². The molecule has 2 rings (SSSR count). The standard InChI is InChI=1S/C13H17N/c1-9-5-6-10-7-8-14-12(10)11(9)13(2,3)4/h5-8,14H,1-4H3. The van der Waals surface area contributed by atoms with Crippen LogP contribution in [0, 0.1) is 6.92 Å². The molecule has 14 heavy (non-hydrogen) atoms. The number of nitrogens with one attached hydrogen (secondary N) is 1. The Bertz CT molecular complexity index is 458. The molecule has 1 aromatic heterocycles. The molecule has 0 saturated heterocycles. The van der Waals surface area contributed by atoms with Gasteiger partial charge in [0.1, 0.15) is 0 Å². The third-order valence-electron chi connectivity index (χ3n) is 2.69. The number of aromatic amines is 1. The molecule has 0 aliphatic rings. The van der Waals surface area contributed by atoms with Crippen LogP contribution in [0.15, 0.2) is 24.4 Å². The first-order chi connectivity index (χ1) is 6.50. The van der Waals surface area contributed by atoms with Crippen LogP contribution < -0.4 is 0 Å². The van der Waals surface area contributed by atoms with Crippen LogP contribution in [0.2, 0.25) is 0 Å². The van der Waals surface area contributed by atoms with E-state index in [1.54, 1.807) is 0 Å². The Kier molecular flexibility index (Phi) is 1.91. The minimum absolute atomic E-state index is 0.203. The van der Waals surface area contributed by atoms with Crippen molar-refractivity contribution in [2.75, 3.05) is 0 Å². The van der Waals surface area contributed by atoms with E-state index in [1.165, 1.54) is 22.0 Å². The Morgan fingerprint density at radius 1 is 1.07 bits per heavy atom. The van der Waals surface area contributed by atoms with Crippen LogP contribution in [-0.2, 0) is 5.41 Å². The first-order valence-corrected chi connectivity index (χ1v) is 5.07. The zero-order valence-electron chi connectivity index (χ0n) is 9.31. The van der Waals surface area contributed by atoms with Crippen LogP contribution in [0.5, 0.6) is 0 Å². The molecule has 74 valence electrons. The van der Waals surface area contributed by atoms with E-state index in [-0.39, 0.29) is 5.41 Å². The molecule has 0 amide bonds. The maximum Gasteiger partial charge on any atom is 0.0494 e. The monoisotopic (exact) mass is 187 g/mol. The van der Waals surface area contributed by atoms with E-state index in [2.05, 4.69) is 50.9 Å². The second-order valence-electron chi connectivity index (χ2n) is 4.95. The van der Waals surface area contributed by atoms with E-state index >= 15 is 0 Å². The summed E-state index contributed by atoms with van der Waals surface area (Å²) in [4.78, 5) is 3.34. The SMILES string of the molecule is Cc1ccc2cc[nH]c2c1C(C)(C)C. The molecular weight excluding hydrogens is 170 g/mol. The molecule has 0 fully saturated rings. The summed E-state index contributed by atoms with van der Waals surface area (Å²) in [6.07, 6.45) is 2.01. The Morgan fingerprint density at radius 3 is 2.43 bits per heavy atom. The van der Waals surface area contributed by atoms with Crippen molar-refractivity contribution in [2.45, 2.75) is 33.1 Å². The van der Waals surface area contributed by atoms with E-state index in [4.69, 9.17) is 0 Å². The van der Waals surface area contributed by atoms with Gasteiger partial charge in [-0.05, 0) is 34.9 Å². The maximum atomic E-state index is 3.34. The van der Waals surface area contributed by atoms with Crippen LogP contribution in [-0.4, -0.2) is 4.98 Å². The number of rotatable bonds is 0. The fourth-order valence-corrected chi connectivity index (χ4v) is 2.20. The lowest BCUT2D eigenvalue weighted by molar-refractivity contribution is 0.591.